The van der Waals surface area contributed by atoms with Crippen LogP contribution in [0.15, 0.2) is 18.3 Å². The first-order chi connectivity index (χ1) is 8.71. The molecule has 1 aliphatic rings. The Bertz CT molecular complexity index is 554. The van der Waals surface area contributed by atoms with Crippen LogP contribution in [0.25, 0.3) is 5.65 Å². The zero-order valence-electron chi connectivity index (χ0n) is 10.8. The molecule has 0 aliphatic heterocycles. The fraction of sp³-hybridized carbons (Fsp3) is 0.538. The number of fused-ring (bicyclic) bond motifs is 1. The number of hydrogen-bond donors (Lipinski definition) is 1. The van der Waals surface area contributed by atoms with E-state index in [-0.39, 0.29) is 0 Å². The predicted octanol–water partition coefficient (Wildman–Crippen LogP) is 2.74. The first-order valence-corrected chi connectivity index (χ1v) is 7.55. The molecule has 0 bridgehead atoms. The maximum Gasteiger partial charge on any atom is 0.243 e. The van der Waals surface area contributed by atoms with Crippen molar-refractivity contribution in [3.8, 4) is 0 Å². The summed E-state index contributed by atoms with van der Waals surface area (Å²) in [5, 5.41) is 7.82. The fourth-order valence-corrected chi connectivity index (χ4v) is 3.24. The summed E-state index contributed by atoms with van der Waals surface area (Å²) in [5.74, 6) is 0.737. The van der Waals surface area contributed by atoms with Gasteiger partial charge in [-0.2, -0.15) is 16.7 Å². The molecule has 5 heteroatoms. The molecule has 1 N–H and O–H groups in total. The van der Waals surface area contributed by atoms with Crippen LogP contribution in [0.3, 0.4) is 0 Å². The Kier molecular flexibility index (Phi) is 2.93. The number of hydrogen-bond acceptors (Lipinski definition) is 4. The van der Waals surface area contributed by atoms with Crippen molar-refractivity contribution < 1.29 is 0 Å². The highest BCUT2D eigenvalue weighted by atomic mass is 32.2. The van der Waals surface area contributed by atoms with Gasteiger partial charge in [-0.05, 0) is 43.7 Å². The molecule has 0 unspecified atom stereocenters. The predicted molar refractivity (Wildman–Crippen MR) is 76.3 cm³/mol. The Morgan fingerprint density at radius 1 is 1.50 bits per heavy atom. The summed E-state index contributed by atoms with van der Waals surface area (Å²) in [6.45, 7) is 3.03. The van der Waals surface area contributed by atoms with Crippen molar-refractivity contribution in [2.24, 2.45) is 0 Å². The van der Waals surface area contributed by atoms with Crippen molar-refractivity contribution in [1.29, 1.82) is 0 Å². The summed E-state index contributed by atoms with van der Waals surface area (Å²) in [4.78, 5) is 4.50. The molecule has 2 aromatic heterocycles. The maximum atomic E-state index is 4.50. The van der Waals surface area contributed by atoms with Gasteiger partial charge in [0.05, 0.1) is 0 Å². The van der Waals surface area contributed by atoms with E-state index in [9.17, 15) is 0 Å². The lowest BCUT2D eigenvalue weighted by atomic mass is 9.84. The Labute approximate surface area is 111 Å². The van der Waals surface area contributed by atoms with Gasteiger partial charge >= 0.3 is 0 Å². The molecule has 96 valence electrons. The molecule has 0 aromatic carbocycles. The summed E-state index contributed by atoms with van der Waals surface area (Å²) in [6.07, 6.45) is 8.10. The van der Waals surface area contributed by atoms with Gasteiger partial charge in [-0.3, -0.25) is 0 Å². The van der Waals surface area contributed by atoms with Crippen LogP contribution in [0, 0.1) is 6.92 Å². The van der Waals surface area contributed by atoms with E-state index in [0.29, 0.717) is 4.75 Å². The lowest BCUT2D eigenvalue weighted by molar-refractivity contribution is 0.379. The minimum Gasteiger partial charge on any atom is -0.352 e. The summed E-state index contributed by atoms with van der Waals surface area (Å²) in [6, 6.07) is 4.09. The Hall–Kier alpha value is -1.23. The van der Waals surface area contributed by atoms with Gasteiger partial charge in [0.1, 0.15) is 0 Å². The summed E-state index contributed by atoms with van der Waals surface area (Å²) < 4.78 is 2.23. The van der Waals surface area contributed by atoms with Gasteiger partial charge < -0.3 is 5.32 Å². The smallest absolute Gasteiger partial charge is 0.243 e. The monoisotopic (exact) mass is 262 g/mol. The third-order valence-corrected chi connectivity index (χ3v) is 5.18. The SMILES string of the molecule is CSC1(CNc2nc3cc(C)ccn3n2)CCC1. The number of nitrogens with zero attached hydrogens (tertiary/aromatic N) is 3. The maximum absolute atomic E-state index is 4.50. The van der Waals surface area contributed by atoms with Gasteiger partial charge in [-0.1, -0.05) is 6.42 Å². The molecule has 4 nitrogen and oxygen atoms in total. The largest absolute Gasteiger partial charge is 0.352 e. The first kappa shape index (κ1) is 11.8. The van der Waals surface area contributed by atoms with Gasteiger partial charge in [0.2, 0.25) is 5.95 Å². The number of aryl methyl sites for hydroxylation is 1. The van der Waals surface area contributed by atoms with Crippen LogP contribution in [-0.2, 0) is 0 Å². The number of thioether (sulfide) groups is 1. The van der Waals surface area contributed by atoms with Crippen molar-refractivity contribution in [3.05, 3.63) is 23.9 Å². The molecule has 3 rings (SSSR count). The number of pyridine rings is 1. The molecule has 0 saturated heterocycles. The molecule has 1 saturated carbocycles. The number of nitrogens with one attached hydrogen (secondary N) is 1. The standard InChI is InChI=1S/C13H18N4S/c1-10-4-7-17-11(8-10)15-12(16-17)14-9-13(18-2)5-3-6-13/h4,7-8H,3,5-6,9H2,1-2H3,(H,14,16). The number of rotatable bonds is 4. The highest BCUT2D eigenvalue weighted by Crippen LogP contribution is 2.42. The summed E-state index contributed by atoms with van der Waals surface area (Å²) in [7, 11) is 0. The molecule has 0 atom stereocenters. The van der Waals surface area contributed by atoms with E-state index < -0.39 is 0 Å². The van der Waals surface area contributed by atoms with Crippen LogP contribution in [0.1, 0.15) is 24.8 Å². The van der Waals surface area contributed by atoms with Crippen LogP contribution in [0.4, 0.5) is 5.95 Å². The van der Waals surface area contributed by atoms with E-state index in [1.807, 2.05) is 34.6 Å². The summed E-state index contributed by atoms with van der Waals surface area (Å²) >= 11 is 1.96. The third-order valence-electron chi connectivity index (χ3n) is 3.76. The zero-order valence-corrected chi connectivity index (χ0v) is 11.6. The molecule has 18 heavy (non-hydrogen) atoms. The molecule has 0 amide bonds. The van der Waals surface area contributed by atoms with Gasteiger partial charge in [-0.25, -0.2) is 4.52 Å². The third kappa shape index (κ3) is 2.07. The normalized spacial score (nSPS) is 17.7. The highest BCUT2D eigenvalue weighted by Gasteiger charge is 2.36. The first-order valence-electron chi connectivity index (χ1n) is 6.33. The van der Waals surface area contributed by atoms with Crippen molar-refractivity contribution in [2.45, 2.75) is 30.9 Å². The van der Waals surface area contributed by atoms with Crippen molar-refractivity contribution in [3.63, 3.8) is 0 Å². The van der Waals surface area contributed by atoms with E-state index in [4.69, 9.17) is 0 Å². The lowest BCUT2D eigenvalue weighted by Gasteiger charge is -2.40. The Morgan fingerprint density at radius 3 is 3.00 bits per heavy atom. The van der Waals surface area contributed by atoms with E-state index in [1.54, 1.807) is 0 Å². The molecule has 1 fully saturated rings. The molecule has 0 spiro atoms. The lowest BCUT2D eigenvalue weighted by Crippen LogP contribution is -2.40. The average molecular weight is 262 g/mol. The fourth-order valence-electron chi connectivity index (χ4n) is 2.32. The van der Waals surface area contributed by atoms with Crippen LogP contribution in [0.5, 0.6) is 0 Å². The molecule has 2 heterocycles. The minimum absolute atomic E-state index is 0.410. The molecule has 2 aromatic rings. The number of anilines is 1. The topological polar surface area (TPSA) is 42.2 Å². The quantitative estimate of drug-likeness (QED) is 0.920. The van der Waals surface area contributed by atoms with Crippen molar-refractivity contribution >= 4 is 23.4 Å². The van der Waals surface area contributed by atoms with Crippen LogP contribution in [0.2, 0.25) is 0 Å². The van der Waals surface area contributed by atoms with E-state index >= 15 is 0 Å². The van der Waals surface area contributed by atoms with Crippen molar-refractivity contribution in [1.82, 2.24) is 14.6 Å². The van der Waals surface area contributed by atoms with Gasteiger partial charge in [-0.15, -0.1) is 5.10 Å². The van der Waals surface area contributed by atoms with Gasteiger partial charge in [0, 0.05) is 17.5 Å². The second-order valence-corrected chi connectivity index (χ2v) is 6.31. The highest BCUT2D eigenvalue weighted by molar-refractivity contribution is 8.00. The van der Waals surface area contributed by atoms with E-state index in [0.717, 1.165) is 18.1 Å². The molecular formula is C13H18N4S. The Morgan fingerprint density at radius 2 is 2.33 bits per heavy atom. The minimum atomic E-state index is 0.410. The van der Waals surface area contributed by atoms with Gasteiger partial charge in [0.25, 0.3) is 0 Å². The Balaban J connectivity index is 1.74. The molecular weight excluding hydrogens is 244 g/mol. The van der Waals surface area contributed by atoms with Crippen LogP contribution >= 0.6 is 11.8 Å². The van der Waals surface area contributed by atoms with E-state index in [2.05, 4.69) is 28.6 Å². The average Bonchev–Trinajstić information content (AvgIpc) is 2.70. The second kappa shape index (κ2) is 4.46. The molecule has 1 aliphatic carbocycles. The second-order valence-electron chi connectivity index (χ2n) is 5.04. The number of aromatic nitrogens is 3. The van der Waals surface area contributed by atoms with E-state index in [1.165, 1.54) is 24.8 Å². The van der Waals surface area contributed by atoms with Crippen LogP contribution < -0.4 is 5.32 Å². The van der Waals surface area contributed by atoms with Crippen LogP contribution in [-0.4, -0.2) is 32.1 Å². The zero-order chi connectivity index (χ0) is 12.6. The molecule has 0 radical (unpaired) electrons. The van der Waals surface area contributed by atoms with Crippen molar-refractivity contribution in [2.75, 3.05) is 18.1 Å². The summed E-state index contributed by atoms with van der Waals surface area (Å²) in [5.41, 5.74) is 2.12. The van der Waals surface area contributed by atoms with Gasteiger partial charge in [0.15, 0.2) is 5.65 Å².